The summed E-state index contributed by atoms with van der Waals surface area (Å²) in [5.41, 5.74) is 8.66. The summed E-state index contributed by atoms with van der Waals surface area (Å²) in [5.74, 6) is 1.77. The van der Waals surface area contributed by atoms with E-state index in [9.17, 15) is 0 Å². The Balaban J connectivity index is 1.78. The number of hydrogen-bond donors (Lipinski definition) is 1. The maximum Gasteiger partial charge on any atom is 0.127 e. The molecule has 1 aromatic heterocycles. The number of ether oxygens (including phenoxy) is 2. The van der Waals surface area contributed by atoms with Crippen LogP contribution in [-0.4, -0.2) is 19.2 Å². The van der Waals surface area contributed by atoms with Gasteiger partial charge in [-0.15, -0.1) is 0 Å². The van der Waals surface area contributed by atoms with E-state index in [1.165, 1.54) is 55.2 Å². The van der Waals surface area contributed by atoms with Gasteiger partial charge in [0.1, 0.15) is 11.5 Å². The lowest BCUT2D eigenvalue weighted by atomic mass is 9.86. The Labute approximate surface area is 181 Å². The van der Waals surface area contributed by atoms with Gasteiger partial charge in [0.25, 0.3) is 0 Å². The summed E-state index contributed by atoms with van der Waals surface area (Å²) in [6.07, 6.45) is 0. The van der Waals surface area contributed by atoms with Gasteiger partial charge in [0.2, 0.25) is 0 Å². The van der Waals surface area contributed by atoms with E-state index < -0.39 is 0 Å². The maximum absolute atomic E-state index is 5.93. The molecule has 0 unspecified atom stereocenters. The molecule has 1 atom stereocenters. The van der Waals surface area contributed by atoms with E-state index in [0.717, 1.165) is 11.5 Å². The van der Waals surface area contributed by atoms with Gasteiger partial charge in [-0.3, -0.25) is 0 Å². The first kappa shape index (κ1) is 18.1. The van der Waals surface area contributed by atoms with E-state index in [2.05, 4.69) is 78.6 Å². The molecule has 3 heteroatoms. The highest BCUT2D eigenvalue weighted by atomic mass is 16.5. The monoisotopic (exact) mass is 405 g/mol. The third kappa shape index (κ3) is 2.46. The van der Waals surface area contributed by atoms with Gasteiger partial charge in [0.15, 0.2) is 0 Å². The van der Waals surface area contributed by atoms with Crippen LogP contribution < -0.4 is 9.47 Å². The summed E-state index contributed by atoms with van der Waals surface area (Å²) < 4.78 is 11.6. The molecule has 1 heterocycles. The van der Waals surface area contributed by atoms with Gasteiger partial charge < -0.3 is 14.5 Å². The third-order valence-corrected chi connectivity index (χ3v) is 6.63. The van der Waals surface area contributed by atoms with Crippen molar-refractivity contribution in [1.29, 1.82) is 0 Å². The number of para-hydroxylation sites is 1. The summed E-state index contributed by atoms with van der Waals surface area (Å²) >= 11 is 0. The first-order valence-electron chi connectivity index (χ1n) is 10.6. The lowest BCUT2D eigenvalue weighted by Crippen LogP contribution is -2.03. The zero-order valence-corrected chi connectivity index (χ0v) is 17.8. The third-order valence-electron chi connectivity index (χ3n) is 6.63. The van der Waals surface area contributed by atoms with Crippen molar-refractivity contribution in [1.82, 2.24) is 4.98 Å². The molecule has 1 aliphatic carbocycles. The molecule has 31 heavy (non-hydrogen) atoms. The standard InChI is InChI=1S/C28H23NO2/c1-16-25(20-10-6-7-11-23(20)29-16)28-21-13-12-17-8-4-5-9-19(17)26(21)22-14-18(30-2)15-24(31-3)27(22)28/h4-15,28-29H,1-3H3/t28-/m1/s1. The van der Waals surface area contributed by atoms with Crippen molar-refractivity contribution in [3.8, 4) is 22.6 Å². The van der Waals surface area contributed by atoms with E-state index in [1.807, 2.05) is 6.07 Å². The fourth-order valence-corrected chi connectivity index (χ4v) is 5.35. The van der Waals surface area contributed by atoms with Gasteiger partial charge in [-0.05, 0) is 52.1 Å². The van der Waals surface area contributed by atoms with E-state index in [4.69, 9.17) is 9.47 Å². The fourth-order valence-electron chi connectivity index (χ4n) is 5.35. The molecule has 0 saturated heterocycles. The molecule has 4 aromatic carbocycles. The molecule has 0 bridgehead atoms. The molecule has 152 valence electrons. The second kappa shape index (κ2) is 6.64. The lowest BCUT2D eigenvalue weighted by Gasteiger charge is -2.18. The second-order valence-electron chi connectivity index (χ2n) is 8.18. The van der Waals surface area contributed by atoms with Crippen LogP contribution in [0.2, 0.25) is 0 Å². The molecule has 1 N–H and O–H groups in total. The molecular formula is C28H23NO2. The summed E-state index contributed by atoms with van der Waals surface area (Å²) in [6, 6.07) is 25.8. The largest absolute Gasteiger partial charge is 0.497 e. The van der Waals surface area contributed by atoms with E-state index >= 15 is 0 Å². The van der Waals surface area contributed by atoms with E-state index in [0.29, 0.717) is 0 Å². The number of benzene rings is 4. The predicted molar refractivity (Wildman–Crippen MR) is 126 cm³/mol. The highest BCUT2D eigenvalue weighted by molar-refractivity contribution is 6.04. The SMILES string of the molecule is COc1cc(OC)c2c(c1)-c1c(ccc3ccccc13)[C@@H]2c1c(C)[nH]c2ccccc12. The number of nitrogens with one attached hydrogen (secondary N) is 1. The van der Waals surface area contributed by atoms with Crippen molar-refractivity contribution in [2.24, 2.45) is 0 Å². The summed E-state index contributed by atoms with van der Waals surface area (Å²) in [4.78, 5) is 3.60. The molecule has 0 spiro atoms. The molecule has 0 amide bonds. The Bertz CT molecular complexity index is 1480. The van der Waals surface area contributed by atoms with Crippen molar-refractivity contribution in [3.63, 3.8) is 0 Å². The van der Waals surface area contributed by atoms with E-state index in [-0.39, 0.29) is 5.92 Å². The van der Waals surface area contributed by atoms with Crippen LogP contribution >= 0.6 is 0 Å². The van der Waals surface area contributed by atoms with Gasteiger partial charge in [-0.1, -0.05) is 54.6 Å². The topological polar surface area (TPSA) is 34.2 Å². The maximum atomic E-state index is 5.93. The molecule has 3 nitrogen and oxygen atoms in total. The minimum Gasteiger partial charge on any atom is -0.497 e. The summed E-state index contributed by atoms with van der Waals surface area (Å²) in [5, 5.41) is 3.76. The number of methoxy groups -OCH3 is 2. The van der Waals surface area contributed by atoms with Crippen molar-refractivity contribution in [2.45, 2.75) is 12.8 Å². The van der Waals surface area contributed by atoms with Gasteiger partial charge >= 0.3 is 0 Å². The van der Waals surface area contributed by atoms with Crippen LogP contribution in [0.25, 0.3) is 32.8 Å². The van der Waals surface area contributed by atoms with E-state index in [1.54, 1.807) is 14.2 Å². The zero-order chi connectivity index (χ0) is 21.1. The van der Waals surface area contributed by atoms with Crippen LogP contribution in [0.15, 0.2) is 72.8 Å². The molecule has 0 fully saturated rings. The van der Waals surface area contributed by atoms with Crippen LogP contribution in [0.1, 0.15) is 28.3 Å². The number of aryl methyl sites for hydroxylation is 1. The minimum atomic E-state index is 0.0895. The smallest absolute Gasteiger partial charge is 0.127 e. The predicted octanol–water partition coefficient (Wildman–Crippen LogP) is 6.81. The first-order valence-corrected chi connectivity index (χ1v) is 10.6. The Morgan fingerprint density at radius 2 is 1.55 bits per heavy atom. The molecule has 6 rings (SSSR count). The number of hydrogen-bond acceptors (Lipinski definition) is 2. The highest BCUT2D eigenvalue weighted by Crippen LogP contribution is 2.56. The second-order valence-corrected chi connectivity index (χ2v) is 8.18. The fraction of sp³-hybridized carbons (Fsp3) is 0.143. The van der Waals surface area contributed by atoms with Crippen molar-refractivity contribution in [2.75, 3.05) is 14.2 Å². The van der Waals surface area contributed by atoms with Crippen molar-refractivity contribution < 1.29 is 9.47 Å². The average molecular weight is 405 g/mol. The zero-order valence-electron chi connectivity index (χ0n) is 17.8. The van der Waals surface area contributed by atoms with Crippen LogP contribution in [0, 0.1) is 6.92 Å². The van der Waals surface area contributed by atoms with Gasteiger partial charge in [0, 0.05) is 34.1 Å². The Kier molecular flexibility index (Phi) is 3.87. The molecule has 5 aromatic rings. The van der Waals surface area contributed by atoms with Crippen LogP contribution in [0.3, 0.4) is 0 Å². The van der Waals surface area contributed by atoms with Crippen molar-refractivity contribution >= 4 is 21.7 Å². The van der Waals surface area contributed by atoms with Gasteiger partial charge in [-0.25, -0.2) is 0 Å². The Morgan fingerprint density at radius 3 is 2.35 bits per heavy atom. The number of H-pyrrole nitrogens is 1. The quantitative estimate of drug-likeness (QED) is 0.351. The first-order chi connectivity index (χ1) is 15.2. The number of fused-ring (bicyclic) bond motifs is 6. The molecule has 0 aliphatic heterocycles. The van der Waals surface area contributed by atoms with Crippen molar-refractivity contribution in [3.05, 3.63) is 95.2 Å². The number of aromatic amines is 1. The Morgan fingerprint density at radius 1 is 0.774 bits per heavy atom. The highest BCUT2D eigenvalue weighted by Gasteiger charge is 2.36. The van der Waals surface area contributed by atoms with Gasteiger partial charge in [-0.2, -0.15) is 0 Å². The normalized spacial score (nSPS) is 14.6. The molecule has 1 aliphatic rings. The lowest BCUT2D eigenvalue weighted by molar-refractivity contribution is 0.391. The average Bonchev–Trinajstić information content (AvgIpc) is 3.31. The molecular weight excluding hydrogens is 382 g/mol. The number of aromatic nitrogens is 1. The molecule has 0 saturated carbocycles. The van der Waals surface area contributed by atoms with Gasteiger partial charge in [0.05, 0.1) is 14.2 Å². The minimum absolute atomic E-state index is 0.0895. The van der Waals surface area contributed by atoms with Crippen LogP contribution in [0.5, 0.6) is 11.5 Å². The number of rotatable bonds is 3. The van der Waals surface area contributed by atoms with Crippen LogP contribution in [0.4, 0.5) is 0 Å². The van der Waals surface area contributed by atoms with Crippen LogP contribution in [-0.2, 0) is 0 Å². The Hall–Kier alpha value is -3.72. The summed E-state index contributed by atoms with van der Waals surface area (Å²) in [7, 11) is 3.46. The molecule has 0 radical (unpaired) electrons. The summed E-state index contributed by atoms with van der Waals surface area (Å²) in [6.45, 7) is 2.17.